The van der Waals surface area contributed by atoms with Crippen molar-refractivity contribution in [3.05, 3.63) is 70.3 Å². The Balaban J connectivity index is 1.52. The minimum absolute atomic E-state index is 0.0717. The van der Waals surface area contributed by atoms with E-state index in [1.807, 2.05) is 53.1 Å². The number of carbonyl (C=O) groups excluding carboxylic acids is 1. The average molecular weight is 376 g/mol. The summed E-state index contributed by atoms with van der Waals surface area (Å²) >= 11 is 0. The number of hydrogen-bond acceptors (Lipinski definition) is 4. The third kappa shape index (κ3) is 3.43. The van der Waals surface area contributed by atoms with Gasteiger partial charge >= 0.3 is 0 Å². The van der Waals surface area contributed by atoms with Crippen LogP contribution in [0.2, 0.25) is 0 Å². The van der Waals surface area contributed by atoms with Gasteiger partial charge in [-0.05, 0) is 43.7 Å². The molecule has 2 heterocycles. The molecule has 1 atom stereocenters. The second-order valence-electron chi connectivity index (χ2n) is 7.28. The second-order valence-corrected chi connectivity index (χ2v) is 7.28. The van der Waals surface area contributed by atoms with E-state index in [1.165, 1.54) is 5.56 Å². The summed E-state index contributed by atoms with van der Waals surface area (Å²) in [5.74, 6) is 0.649. The summed E-state index contributed by atoms with van der Waals surface area (Å²) in [6, 6.07) is 15.5. The topological polar surface area (TPSA) is 69.3 Å². The molecule has 1 aliphatic heterocycles. The summed E-state index contributed by atoms with van der Waals surface area (Å²) in [6.45, 7) is 5.48. The number of nitrogens with zero attached hydrogens (tertiary/aromatic N) is 3. The number of amides is 1. The molecule has 144 valence electrons. The van der Waals surface area contributed by atoms with Gasteiger partial charge in [-0.1, -0.05) is 37.3 Å². The highest BCUT2D eigenvalue weighted by atomic mass is 16.2. The van der Waals surface area contributed by atoms with Gasteiger partial charge in [-0.3, -0.25) is 14.5 Å². The lowest BCUT2D eigenvalue weighted by Gasteiger charge is -2.27. The highest BCUT2D eigenvalue weighted by molar-refractivity contribution is 5.97. The number of rotatable bonds is 5. The van der Waals surface area contributed by atoms with Gasteiger partial charge < -0.3 is 9.88 Å². The average Bonchev–Trinajstić information content (AvgIpc) is 3.03. The van der Waals surface area contributed by atoms with Gasteiger partial charge in [-0.25, -0.2) is 4.98 Å². The van der Waals surface area contributed by atoms with Crippen molar-refractivity contribution in [1.29, 1.82) is 0 Å². The fourth-order valence-electron chi connectivity index (χ4n) is 3.91. The van der Waals surface area contributed by atoms with Crippen molar-refractivity contribution < 1.29 is 4.79 Å². The van der Waals surface area contributed by atoms with E-state index >= 15 is 0 Å². The van der Waals surface area contributed by atoms with Crippen molar-refractivity contribution in [2.75, 3.05) is 18.0 Å². The van der Waals surface area contributed by atoms with Gasteiger partial charge in [0.15, 0.2) is 0 Å². The molecule has 0 aliphatic carbocycles. The van der Waals surface area contributed by atoms with E-state index in [4.69, 9.17) is 0 Å². The number of aromatic nitrogens is 2. The Kier molecular flexibility index (Phi) is 4.96. The number of likely N-dealkylation sites (N-methyl/N-ethyl adjacent to an activating group) is 1. The van der Waals surface area contributed by atoms with Crippen LogP contribution in [0.4, 0.5) is 5.69 Å². The first-order valence-corrected chi connectivity index (χ1v) is 9.67. The van der Waals surface area contributed by atoms with Crippen LogP contribution in [-0.4, -0.2) is 39.9 Å². The standard InChI is InChI=1S/C22H24N4O2/c1-3-25(13-20-23-18-10-6-5-9-17(18)22(28)24-20)14-21(27)26-15(2)12-16-8-4-7-11-19(16)26/h4-11,15H,3,12-14H2,1-2H3,(H,23,24,28)/t15-/m1/s1. The fourth-order valence-corrected chi connectivity index (χ4v) is 3.91. The predicted molar refractivity (Wildman–Crippen MR) is 110 cm³/mol. The van der Waals surface area contributed by atoms with Gasteiger partial charge in [0, 0.05) is 11.7 Å². The Bertz CT molecular complexity index is 1080. The van der Waals surface area contributed by atoms with Crippen LogP contribution in [0.25, 0.3) is 10.9 Å². The number of aromatic amines is 1. The number of hydrogen-bond donors (Lipinski definition) is 1. The van der Waals surface area contributed by atoms with E-state index in [-0.39, 0.29) is 24.1 Å². The van der Waals surface area contributed by atoms with Crippen molar-refractivity contribution >= 4 is 22.5 Å². The maximum atomic E-state index is 13.0. The molecule has 6 heteroatoms. The van der Waals surface area contributed by atoms with E-state index in [2.05, 4.69) is 23.0 Å². The fraction of sp³-hybridized carbons (Fsp3) is 0.318. The number of nitrogens with one attached hydrogen (secondary N) is 1. The minimum Gasteiger partial charge on any atom is -0.309 e. The van der Waals surface area contributed by atoms with Gasteiger partial charge in [-0.2, -0.15) is 0 Å². The summed E-state index contributed by atoms with van der Waals surface area (Å²) in [5, 5.41) is 0.577. The molecule has 0 bridgehead atoms. The number of para-hydroxylation sites is 2. The number of H-pyrrole nitrogens is 1. The first-order valence-electron chi connectivity index (χ1n) is 9.67. The molecule has 0 saturated heterocycles. The molecule has 1 N–H and O–H groups in total. The summed E-state index contributed by atoms with van der Waals surface area (Å²) in [5.41, 5.74) is 2.75. The van der Waals surface area contributed by atoms with E-state index in [0.717, 1.165) is 12.1 Å². The Morgan fingerprint density at radius 1 is 1.21 bits per heavy atom. The first-order chi connectivity index (χ1) is 13.6. The maximum Gasteiger partial charge on any atom is 0.258 e. The summed E-state index contributed by atoms with van der Waals surface area (Å²) in [7, 11) is 0. The zero-order valence-corrected chi connectivity index (χ0v) is 16.2. The molecule has 1 aliphatic rings. The third-order valence-corrected chi connectivity index (χ3v) is 5.32. The lowest BCUT2D eigenvalue weighted by molar-refractivity contribution is -0.120. The van der Waals surface area contributed by atoms with Gasteiger partial charge in [0.2, 0.25) is 5.91 Å². The lowest BCUT2D eigenvalue weighted by atomic mass is 10.1. The van der Waals surface area contributed by atoms with E-state index in [0.29, 0.717) is 29.8 Å². The Labute approximate surface area is 163 Å². The van der Waals surface area contributed by atoms with Crippen molar-refractivity contribution in [2.24, 2.45) is 0 Å². The Morgan fingerprint density at radius 2 is 1.96 bits per heavy atom. The van der Waals surface area contributed by atoms with Crippen LogP contribution in [0.1, 0.15) is 25.2 Å². The van der Waals surface area contributed by atoms with Crippen LogP contribution in [0, 0.1) is 0 Å². The van der Waals surface area contributed by atoms with E-state index in [9.17, 15) is 9.59 Å². The van der Waals surface area contributed by atoms with Crippen LogP contribution in [0.15, 0.2) is 53.3 Å². The third-order valence-electron chi connectivity index (χ3n) is 5.32. The van der Waals surface area contributed by atoms with Crippen LogP contribution in [0.5, 0.6) is 0 Å². The molecule has 0 saturated carbocycles. The van der Waals surface area contributed by atoms with Crippen molar-refractivity contribution in [3.8, 4) is 0 Å². The van der Waals surface area contributed by atoms with Gasteiger partial charge in [0.1, 0.15) is 5.82 Å². The zero-order chi connectivity index (χ0) is 19.7. The predicted octanol–water partition coefficient (Wildman–Crippen LogP) is 2.72. The Hall–Kier alpha value is -2.99. The molecule has 1 aromatic heterocycles. The van der Waals surface area contributed by atoms with Crippen LogP contribution in [-0.2, 0) is 17.8 Å². The highest BCUT2D eigenvalue weighted by Gasteiger charge is 2.31. The molecule has 6 nitrogen and oxygen atoms in total. The molecule has 3 aromatic rings. The summed E-state index contributed by atoms with van der Waals surface area (Å²) < 4.78 is 0. The normalized spacial score (nSPS) is 16.0. The van der Waals surface area contributed by atoms with Crippen LogP contribution in [0.3, 0.4) is 0 Å². The molecule has 2 aromatic carbocycles. The van der Waals surface area contributed by atoms with Crippen molar-refractivity contribution in [3.63, 3.8) is 0 Å². The minimum atomic E-state index is -0.148. The maximum absolute atomic E-state index is 13.0. The van der Waals surface area contributed by atoms with E-state index in [1.54, 1.807) is 6.07 Å². The number of benzene rings is 2. The summed E-state index contributed by atoms with van der Waals surface area (Å²) in [6.07, 6.45) is 0.883. The molecule has 0 radical (unpaired) electrons. The molecule has 1 amide bonds. The number of carbonyl (C=O) groups is 1. The number of fused-ring (bicyclic) bond motifs is 2. The highest BCUT2D eigenvalue weighted by Crippen LogP contribution is 2.31. The van der Waals surface area contributed by atoms with Crippen molar-refractivity contribution in [1.82, 2.24) is 14.9 Å². The molecule has 0 unspecified atom stereocenters. The lowest BCUT2D eigenvalue weighted by Crippen LogP contribution is -2.43. The van der Waals surface area contributed by atoms with E-state index < -0.39 is 0 Å². The van der Waals surface area contributed by atoms with Gasteiger partial charge in [-0.15, -0.1) is 0 Å². The van der Waals surface area contributed by atoms with Gasteiger partial charge in [0.05, 0.1) is 24.0 Å². The smallest absolute Gasteiger partial charge is 0.258 e. The quantitative estimate of drug-likeness (QED) is 0.743. The summed E-state index contributed by atoms with van der Waals surface area (Å²) in [4.78, 5) is 36.6. The van der Waals surface area contributed by atoms with Crippen LogP contribution < -0.4 is 10.5 Å². The monoisotopic (exact) mass is 376 g/mol. The second kappa shape index (κ2) is 7.56. The molecular weight excluding hydrogens is 352 g/mol. The number of anilines is 1. The first kappa shape index (κ1) is 18.4. The van der Waals surface area contributed by atoms with Crippen LogP contribution >= 0.6 is 0 Å². The Morgan fingerprint density at radius 3 is 2.79 bits per heavy atom. The van der Waals surface area contributed by atoms with Gasteiger partial charge in [0.25, 0.3) is 5.56 Å². The molecule has 0 spiro atoms. The largest absolute Gasteiger partial charge is 0.309 e. The molecular formula is C22H24N4O2. The van der Waals surface area contributed by atoms with Crippen molar-refractivity contribution in [2.45, 2.75) is 32.9 Å². The molecule has 28 heavy (non-hydrogen) atoms. The molecule has 0 fully saturated rings. The zero-order valence-electron chi connectivity index (χ0n) is 16.2. The SMILES string of the molecule is CCN(CC(=O)N1c2ccccc2C[C@H]1C)Cc1nc2ccccc2c(=O)[nH]1. The molecule has 4 rings (SSSR count).